The lowest BCUT2D eigenvalue weighted by atomic mass is 10.2. The highest BCUT2D eigenvalue weighted by atomic mass is 32.1. The molecule has 8 nitrogen and oxygen atoms in total. The van der Waals surface area contributed by atoms with Crippen molar-refractivity contribution < 1.29 is 14.3 Å². The first-order valence-electron chi connectivity index (χ1n) is 7.29. The Bertz CT molecular complexity index is 886. The zero-order chi connectivity index (χ0) is 17.3. The Kier molecular flexibility index (Phi) is 4.34. The van der Waals surface area contributed by atoms with Crippen LogP contribution in [0.2, 0.25) is 0 Å². The molecule has 0 atom stereocenters. The second-order valence-corrected chi connectivity index (χ2v) is 6.29. The van der Waals surface area contributed by atoms with Crippen LogP contribution in [0.25, 0.3) is 4.96 Å². The number of carbonyl (C=O) groups is 1. The Balaban J connectivity index is 1.87. The van der Waals surface area contributed by atoms with E-state index in [1.165, 1.54) is 18.4 Å². The number of nitrogens with one attached hydrogen (secondary N) is 1. The quantitative estimate of drug-likeness (QED) is 0.763. The van der Waals surface area contributed by atoms with Crippen LogP contribution >= 0.6 is 11.3 Å². The van der Waals surface area contributed by atoms with Gasteiger partial charge in [-0.2, -0.15) is 4.52 Å². The molecule has 24 heavy (non-hydrogen) atoms. The van der Waals surface area contributed by atoms with Gasteiger partial charge in [-0.1, -0.05) is 25.2 Å². The van der Waals surface area contributed by atoms with E-state index >= 15 is 0 Å². The topological polar surface area (TPSA) is 90.6 Å². The van der Waals surface area contributed by atoms with Crippen molar-refractivity contribution in [1.82, 2.24) is 19.8 Å². The fourth-order valence-corrected chi connectivity index (χ4v) is 2.90. The van der Waals surface area contributed by atoms with E-state index < -0.39 is 0 Å². The standard InChI is InChI=1S/C15H17N5O3S/c1-8(2)12-17-18-15-20(12)19-14(24-15)13(21)16-10-6-5-9(22-3)7-11(10)23-4/h5-8H,1-4H3,(H,16,21). The van der Waals surface area contributed by atoms with Gasteiger partial charge in [0.2, 0.25) is 9.97 Å². The van der Waals surface area contributed by atoms with Crippen LogP contribution in [0.1, 0.15) is 35.4 Å². The lowest BCUT2D eigenvalue weighted by molar-refractivity contribution is 0.102. The summed E-state index contributed by atoms with van der Waals surface area (Å²) in [4.78, 5) is 13.1. The second kappa shape index (κ2) is 6.44. The molecule has 0 saturated heterocycles. The lowest BCUT2D eigenvalue weighted by Gasteiger charge is -2.10. The van der Waals surface area contributed by atoms with Gasteiger partial charge in [-0.25, -0.2) is 0 Å². The zero-order valence-electron chi connectivity index (χ0n) is 13.7. The molecule has 1 N–H and O–H groups in total. The second-order valence-electron chi connectivity index (χ2n) is 5.33. The summed E-state index contributed by atoms with van der Waals surface area (Å²) in [5.74, 6) is 1.71. The summed E-state index contributed by atoms with van der Waals surface area (Å²) in [5.41, 5.74) is 0.540. The van der Waals surface area contributed by atoms with Gasteiger partial charge in [-0.05, 0) is 12.1 Å². The Morgan fingerprint density at radius 2 is 2.04 bits per heavy atom. The Labute approximate surface area is 142 Å². The maximum absolute atomic E-state index is 12.5. The Hall–Kier alpha value is -2.68. The smallest absolute Gasteiger partial charge is 0.286 e. The van der Waals surface area contributed by atoms with Gasteiger partial charge in [0, 0.05) is 12.0 Å². The Morgan fingerprint density at radius 3 is 2.71 bits per heavy atom. The van der Waals surface area contributed by atoms with Crippen LogP contribution in [-0.4, -0.2) is 39.9 Å². The van der Waals surface area contributed by atoms with E-state index in [0.29, 0.717) is 27.2 Å². The number of nitrogens with zero attached hydrogens (tertiary/aromatic N) is 4. The van der Waals surface area contributed by atoms with Crippen molar-refractivity contribution in [3.63, 3.8) is 0 Å². The van der Waals surface area contributed by atoms with Gasteiger partial charge in [0.1, 0.15) is 11.5 Å². The van der Waals surface area contributed by atoms with Crippen molar-refractivity contribution in [2.45, 2.75) is 19.8 Å². The molecule has 0 bridgehead atoms. The normalized spacial score (nSPS) is 11.0. The molecule has 3 rings (SSSR count). The van der Waals surface area contributed by atoms with E-state index in [9.17, 15) is 4.79 Å². The molecule has 126 valence electrons. The Morgan fingerprint density at radius 1 is 1.25 bits per heavy atom. The minimum Gasteiger partial charge on any atom is -0.497 e. The van der Waals surface area contributed by atoms with Gasteiger partial charge in [-0.3, -0.25) is 4.79 Å². The molecule has 0 aliphatic rings. The number of rotatable bonds is 5. The number of hydrogen-bond acceptors (Lipinski definition) is 7. The molecule has 0 aliphatic heterocycles. The number of methoxy groups -OCH3 is 2. The van der Waals surface area contributed by atoms with Crippen molar-refractivity contribution in [2.24, 2.45) is 0 Å². The lowest BCUT2D eigenvalue weighted by Crippen LogP contribution is -2.13. The monoisotopic (exact) mass is 347 g/mol. The fraction of sp³-hybridized carbons (Fsp3) is 0.333. The van der Waals surface area contributed by atoms with Gasteiger partial charge >= 0.3 is 0 Å². The predicted molar refractivity (Wildman–Crippen MR) is 90.2 cm³/mol. The van der Waals surface area contributed by atoms with Crippen LogP contribution in [0.3, 0.4) is 0 Å². The molecule has 1 aromatic carbocycles. The molecule has 0 radical (unpaired) electrons. The molecule has 0 spiro atoms. The van der Waals surface area contributed by atoms with E-state index in [1.807, 2.05) is 13.8 Å². The summed E-state index contributed by atoms with van der Waals surface area (Å²) < 4.78 is 12.0. The number of anilines is 1. The molecule has 0 aliphatic carbocycles. The highest BCUT2D eigenvalue weighted by Gasteiger charge is 2.19. The molecular weight excluding hydrogens is 330 g/mol. The highest BCUT2D eigenvalue weighted by Crippen LogP contribution is 2.29. The fourth-order valence-electron chi connectivity index (χ4n) is 2.16. The first kappa shape index (κ1) is 16.2. The molecule has 0 unspecified atom stereocenters. The molecule has 9 heteroatoms. The van der Waals surface area contributed by atoms with Crippen LogP contribution < -0.4 is 14.8 Å². The van der Waals surface area contributed by atoms with Crippen molar-refractivity contribution in [1.29, 1.82) is 0 Å². The van der Waals surface area contributed by atoms with Gasteiger partial charge < -0.3 is 14.8 Å². The van der Waals surface area contributed by atoms with Gasteiger partial charge in [-0.15, -0.1) is 15.3 Å². The SMILES string of the molecule is COc1ccc(NC(=O)c2nn3c(C(C)C)nnc3s2)c(OC)c1. The summed E-state index contributed by atoms with van der Waals surface area (Å²) in [6, 6.07) is 5.16. The van der Waals surface area contributed by atoms with Crippen LogP contribution in [0.4, 0.5) is 5.69 Å². The van der Waals surface area contributed by atoms with E-state index in [2.05, 4.69) is 20.6 Å². The van der Waals surface area contributed by atoms with Crippen LogP contribution in [-0.2, 0) is 0 Å². The highest BCUT2D eigenvalue weighted by molar-refractivity contribution is 7.18. The molecule has 0 saturated carbocycles. The zero-order valence-corrected chi connectivity index (χ0v) is 14.5. The van der Waals surface area contributed by atoms with Crippen molar-refractivity contribution in [2.75, 3.05) is 19.5 Å². The summed E-state index contributed by atoms with van der Waals surface area (Å²) in [6.45, 7) is 4.00. The number of aromatic nitrogens is 4. The number of carbonyl (C=O) groups excluding carboxylic acids is 1. The van der Waals surface area contributed by atoms with Crippen molar-refractivity contribution in [3.05, 3.63) is 29.0 Å². The summed E-state index contributed by atoms with van der Waals surface area (Å²) in [5, 5.41) is 15.5. The molecule has 1 amide bonds. The van der Waals surface area contributed by atoms with Crippen molar-refractivity contribution >= 4 is 27.9 Å². The third-order valence-corrected chi connectivity index (χ3v) is 4.28. The third kappa shape index (κ3) is 2.90. The molecular formula is C15H17N5O3S. The number of hydrogen-bond donors (Lipinski definition) is 1. The largest absolute Gasteiger partial charge is 0.497 e. The van der Waals surface area contributed by atoms with E-state index in [0.717, 1.165) is 5.82 Å². The molecule has 3 aromatic rings. The van der Waals surface area contributed by atoms with E-state index in [4.69, 9.17) is 9.47 Å². The maximum atomic E-state index is 12.5. The number of ether oxygens (including phenoxy) is 2. The van der Waals surface area contributed by atoms with Crippen LogP contribution in [0.15, 0.2) is 18.2 Å². The number of benzene rings is 1. The minimum absolute atomic E-state index is 0.166. The minimum atomic E-state index is -0.330. The maximum Gasteiger partial charge on any atom is 0.286 e. The van der Waals surface area contributed by atoms with E-state index in [1.54, 1.807) is 29.8 Å². The van der Waals surface area contributed by atoms with E-state index in [-0.39, 0.29) is 11.8 Å². The molecule has 2 heterocycles. The summed E-state index contributed by atoms with van der Waals surface area (Å²) in [6.07, 6.45) is 0. The third-order valence-electron chi connectivity index (χ3n) is 3.38. The molecule has 0 fully saturated rings. The summed E-state index contributed by atoms with van der Waals surface area (Å²) in [7, 11) is 3.10. The van der Waals surface area contributed by atoms with Crippen LogP contribution in [0, 0.1) is 0 Å². The first-order valence-corrected chi connectivity index (χ1v) is 8.10. The number of fused-ring (bicyclic) bond motifs is 1. The van der Waals surface area contributed by atoms with Gasteiger partial charge in [0.25, 0.3) is 5.91 Å². The van der Waals surface area contributed by atoms with Gasteiger partial charge in [0.05, 0.1) is 19.9 Å². The first-order chi connectivity index (χ1) is 11.5. The van der Waals surface area contributed by atoms with Crippen LogP contribution in [0.5, 0.6) is 11.5 Å². The predicted octanol–water partition coefficient (Wildman–Crippen LogP) is 2.58. The van der Waals surface area contributed by atoms with Crippen molar-refractivity contribution in [3.8, 4) is 11.5 Å². The average molecular weight is 347 g/mol. The summed E-state index contributed by atoms with van der Waals surface area (Å²) >= 11 is 1.18. The number of amides is 1. The average Bonchev–Trinajstić information content (AvgIpc) is 3.15. The van der Waals surface area contributed by atoms with Gasteiger partial charge in [0.15, 0.2) is 5.82 Å². The molecule has 2 aromatic heterocycles.